The molecule has 2 heterocycles. The molecule has 23 heavy (non-hydrogen) atoms. The van der Waals surface area contributed by atoms with E-state index in [1.165, 1.54) is 10.4 Å². The Morgan fingerprint density at radius 1 is 1.09 bits per heavy atom. The van der Waals surface area contributed by atoms with Crippen LogP contribution in [0, 0.1) is 0 Å². The molecule has 2 aromatic heterocycles. The van der Waals surface area contributed by atoms with Crippen molar-refractivity contribution in [1.29, 1.82) is 0 Å². The normalized spacial score (nSPS) is 9.61. The van der Waals surface area contributed by atoms with Crippen LogP contribution in [0.3, 0.4) is 0 Å². The summed E-state index contributed by atoms with van der Waals surface area (Å²) in [5.41, 5.74) is 2.39. The SMILES string of the molecule is CNc1ncc(CNc2nc(Cc3ccccc3)cs2)s1.Cl.Cl. The van der Waals surface area contributed by atoms with Gasteiger partial charge in [-0.05, 0) is 5.56 Å². The summed E-state index contributed by atoms with van der Waals surface area (Å²) >= 11 is 3.30. The van der Waals surface area contributed by atoms with E-state index in [2.05, 4.69) is 50.2 Å². The fraction of sp³-hybridized carbons (Fsp3) is 0.200. The van der Waals surface area contributed by atoms with Gasteiger partial charge in [0, 0.05) is 29.9 Å². The van der Waals surface area contributed by atoms with Crippen LogP contribution in [0.1, 0.15) is 16.1 Å². The highest BCUT2D eigenvalue weighted by Gasteiger charge is 2.04. The van der Waals surface area contributed by atoms with Gasteiger partial charge < -0.3 is 10.6 Å². The molecular weight excluding hydrogens is 371 g/mol. The standard InChI is InChI=1S/C15H16N4S2.2ClH/c1-16-14-17-8-13(21-14)9-18-15-19-12(10-20-15)7-11-5-3-2-4-6-11;;/h2-6,8,10H,7,9H2,1H3,(H,16,17)(H,18,19);2*1H. The van der Waals surface area contributed by atoms with Crippen LogP contribution in [-0.2, 0) is 13.0 Å². The molecule has 124 valence electrons. The molecule has 0 amide bonds. The Morgan fingerprint density at radius 3 is 2.57 bits per heavy atom. The van der Waals surface area contributed by atoms with Crippen molar-refractivity contribution in [2.45, 2.75) is 13.0 Å². The van der Waals surface area contributed by atoms with Crippen LogP contribution in [0.4, 0.5) is 10.3 Å². The summed E-state index contributed by atoms with van der Waals surface area (Å²) < 4.78 is 0. The molecule has 0 bridgehead atoms. The average Bonchev–Trinajstić information content (AvgIpc) is 3.15. The lowest BCUT2D eigenvalue weighted by Crippen LogP contribution is -1.97. The van der Waals surface area contributed by atoms with Crippen LogP contribution < -0.4 is 10.6 Å². The fourth-order valence-electron chi connectivity index (χ4n) is 1.94. The van der Waals surface area contributed by atoms with Gasteiger partial charge in [0.25, 0.3) is 0 Å². The van der Waals surface area contributed by atoms with Gasteiger partial charge >= 0.3 is 0 Å². The first kappa shape index (κ1) is 19.7. The second-order valence-electron chi connectivity index (χ2n) is 4.54. The molecule has 3 aromatic rings. The maximum absolute atomic E-state index is 4.62. The smallest absolute Gasteiger partial charge is 0.183 e. The van der Waals surface area contributed by atoms with E-state index in [1.54, 1.807) is 22.7 Å². The van der Waals surface area contributed by atoms with Gasteiger partial charge in [-0.2, -0.15) is 0 Å². The molecule has 8 heteroatoms. The molecular formula is C15H18Cl2N4S2. The summed E-state index contributed by atoms with van der Waals surface area (Å²) in [6, 6.07) is 10.4. The second kappa shape index (κ2) is 9.72. The van der Waals surface area contributed by atoms with E-state index in [9.17, 15) is 0 Å². The molecule has 0 atom stereocenters. The van der Waals surface area contributed by atoms with Crippen LogP contribution in [0.25, 0.3) is 0 Å². The van der Waals surface area contributed by atoms with E-state index in [-0.39, 0.29) is 24.8 Å². The first-order valence-corrected chi connectivity index (χ1v) is 8.38. The number of thiazole rings is 2. The van der Waals surface area contributed by atoms with Crippen LogP contribution >= 0.6 is 47.5 Å². The largest absolute Gasteiger partial charge is 0.365 e. The minimum absolute atomic E-state index is 0. The topological polar surface area (TPSA) is 49.8 Å². The molecule has 0 aliphatic rings. The number of benzene rings is 1. The highest BCUT2D eigenvalue weighted by Crippen LogP contribution is 2.21. The van der Waals surface area contributed by atoms with E-state index in [0.717, 1.165) is 28.9 Å². The number of halogens is 2. The molecule has 0 unspecified atom stereocenters. The lowest BCUT2D eigenvalue weighted by atomic mass is 10.1. The molecule has 0 radical (unpaired) electrons. The van der Waals surface area contributed by atoms with Gasteiger partial charge in [0.15, 0.2) is 10.3 Å². The number of nitrogens with zero attached hydrogens (tertiary/aromatic N) is 2. The Hall–Kier alpha value is -1.34. The number of anilines is 2. The molecule has 3 rings (SSSR count). The molecule has 4 nitrogen and oxygen atoms in total. The molecule has 0 saturated carbocycles. The second-order valence-corrected chi connectivity index (χ2v) is 6.51. The predicted octanol–water partition coefficient (Wildman–Crippen LogP) is 4.69. The van der Waals surface area contributed by atoms with Crippen LogP contribution in [0.2, 0.25) is 0 Å². The minimum Gasteiger partial charge on any atom is -0.365 e. The highest BCUT2D eigenvalue weighted by molar-refractivity contribution is 7.15. The average molecular weight is 389 g/mol. The number of hydrogen-bond donors (Lipinski definition) is 2. The first-order valence-electron chi connectivity index (χ1n) is 6.68. The summed E-state index contributed by atoms with van der Waals surface area (Å²) in [6.45, 7) is 0.762. The molecule has 0 aliphatic heterocycles. The summed E-state index contributed by atoms with van der Waals surface area (Å²) in [5, 5.41) is 10.4. The monoisotopic (exact) mass is 388 g/mol. The zero-order chi connectivity index (χ0) is 14.5. The Balaban J connectivity index is 0.00000132. The minimum atomic E-state index is 0. The zero-order valence-corrected chi connectivity index (χ0v) is 15.7. The molecule has 0 aliphatic carbocycles. The van der Waals surface area contributed by atoms with Crippen molar-refractivity contribution >= 4 is 57.8 Å². The van der Waals surface area contributed by atoms with Crippen LogP contribution in [-0.4, -0.2) is 17.0 Å². The number of aromatic nitrogens is 2. The summed E-state index contributed by atoms with van der Waals surface area (Å²) in [7, 11) is 1.88. The lowest BCUT2D eigenvalue weighted by molar-refractivity contribution is 1.08. The first-order chi connectivity index (χ1) is 10.3. The third-order valence-corrected chi connectivity index (χ3v) is 4.82. The summed E-state index contributed by atoms with van der Waals surface area (Å²) in [6.07, 6.45) is 2.77. The molecule has 2 N–H and O–H groups in total. The molecule has 0 fully saturated rings. The Kier molecular flexibility index (Phi) is 8.33. The van der Waals surface area contributed by atoms with Crippen molar-refractivity contribution in [3.05, 3.63) is 58.0 Å². The molecule has 0 saturated heterocycles. The van der Waals surface area contributed by atoms with Gasteiger partial charge in [-0.1, -0.05) is 30.3 Å². The Labute approximate surface area is 156 Å². The van der Waals surface area contributed by atoms with Gasteiger partial charge in [0.1, 0.15) is 0 Å². The van der Waals surface area contributed by atoms with Crippen molar-refractivity contribution in [1.82, 2.24) is 9.97 Å². The van der Waals surface area contributed by atoms with Crippen molar-refractivity contribution in [3.63, 3.8) is 0 Å². The Bertz CT molecular complexity index is 700. The summed E-state index contributed by atoms with van der Waals surface area (Å²) in [4.78, 5) is 10.1. The predicted molar refractivity (Wildman–Crippen MR) is 105 cm³/mol. The van der Waals surface area contributed by atoms with Crippen molar-refractivity contribution in [2.75, 3.05) is 17.7 Å². The highest BCUT2D eigenvalue weighted by atomic mass is 35.5. The van der Waals surface area contributed by atoms with Crippen molar-refractivity contribution in [3.8, 4) is 0 Å². The van der Waals surface area contributed by atoms with E-state index in [0.29, 0.717) is 0 Å². The lowest BCUT2D eigenvalue weighted by Gasteiger charge is -1.99. The van der Waals surface area contributed by atoms with Gasteiger partial charge in [0.2, 0.25) is 0 Å². The van der Waals surface area contributed by atoms with Crippen molar-refractivity contribution in [2.24, 2.45) is 0 Å². The number of nitrogens with one attached hydrogen (secondary N) is 2. The maximum atomic E-state index is 4.62. The maximum Gasteiger partial charge on any atom is 0.183 e. The van der Waals surface area contributed by atoms with Gasteiger partial charge in [0.05, 0.1) is 12.2 Å². The third kappa shape index (κ3) is 5.66. The van der Waals surface area contributed by atoms with E-state index >= 15 is 0 Å². The van der Waals surface area contributed by atoms with Gasteiger partial charge in [-0.3, -0.25) is 0 Å². The molecule has 0 spiro atoms. The van der Waals surface area contributed by atoms with E-state index in [4.69, 9.17) is 0 Å². The zero-order valence-electron chi connectivity index (χ0n) is 12.5. The van der Waals surface area contributed by atoms with E-state index < -0.39 is 0 Å². The van der Waals surface area contributed by atoms with Gasteiger partial charge in [-0.25, -0.2) is 9.97 Å². The van der Waals surface area contributed by atoms with E-state index in [1.807, 2.05) is 19.3 Å². The van der Waals surface area contributed by atoms with Crippen LogP contribution in [0.15, 0.2) is 41.9 Å². The fourth-order valence-corrected chi connectivity index (χ4v) is 3.36. The summed E-state index contributed by atoms with van der Waals surface area (Å²) in [5.74, 6) is 0. The number of rotatable bonds is 6. The van der Waals surface area contributed by atoms with Gasteiger partial charge in [-0.15, -0.1) is 47.5 Å². The Morgan fingerprint density at radius 2 is 1.87 bits per heavy atom. The van der Waals surface area contributed by atoms with Crippen molar-refractivity contribution < 1.29 is 0 Å². The quantitative estimate of drug-likeness (QED) is 0.642. The number of hydrogen-bond acceptors (Lipinski definition) is 6. The third-order valence-electron chi connectivity index (χ3n) is 2.96. The molecule has 1 aromatic carbocycles. The van der Waals surface area contributed by atoms with Crippen LogP contribution in [0.5, 0.6) is 0 Å².